The lowest BCUT2D eigenvalue weighted by molar-refractivity contribution is -0.119. The number of anilines is 1. The van der Waals surface area contributed by atoms with E-state index in [0.29, 0.717) is 27.8 Å². The fraction of sp³-hybridized carbons (Fsp3) is 0.0476. The molecule has 6 nitrogen and oxygen atoms in total. The van der Waals surface area contributed by atoms with Crippen LogP contribution >= 0.6 is 11.6 Å². The Kier molecular flexibility index (Phi) is 6.14. The van der Waals surface area contributed by atoms with Crippen molar-refractivity contribution in [3.63, 3.8) is 0 Å². The number of rotatable bonds is 7. The van der Waals surface area contributed by atoms with Crippen molar-refractivity contribution in [2.75, 3.05) is 11.9 Å². The largest absolute Gasteiger partial charge is 0.483 e. The molecular formula is C21H17ClN2O4. The Balaban J connectivity index is 1.68. The lowest BCUT2D eigenvalue weighted by Gasteiger charge is -2.11. The summed E-state index contributed by atoms with van der Waals surface area (Å²) >= 11 is 6.08. The number of hydrogen-bond acceptors (Lipinski definition) is 4. The molecule has 3 rings (SSSR count). The predicted octanol–water partition coefficient (Wildman–Crippen LogP) is 4.25. The van der Waals surface area contributed by atoms with Gasteiger partial charge in [0.05, 0.1) is 10.6 Å². The van der Waals surface area contributed by atoms with Crippen molar-refractivity contribution in [2.24, 2.45) is 5.73 Å². The minimum atomic E-state index is -0.621. The molecule has 142 valence electrons. The Morgan fingerprint density at radius 3 is 2.21 bits per heavy atom. The van der Waals surface area contributed by atoms with E-state index >= 15 is 0 Å². The number of carbonyl (C=O) groups excluding carboxylic acids is 2. The maximum absolute atomic E-state index is 12.5. The number of primary amides is 1. The zero-order valence-electron chi connectivity index (χ0n) is 14.7. The normalized spacial score (nSPS) is 10.2. The van der Waals surface area contributed by atoms with Gasteiger partial charge < -0.3 is 20.5 Å². The van der Waals surface area contributed by atoms with Crippen molar-refractivity contribution in [1.29, 1.82) is 0 Å². The van der Waals surface area contributed by atoms with Crippen LogP contribution in [0.25, 0.3) is 0 Å². The SMILES string of the molecule is NC(=O)COc1ccccc1C(=O)Nc1ccc(Oc2ccccc2Cl)cc1. The predicted molar refractivity (Wildman–Crippen MR) is 107 cm³/mol. The van der Waals surface area contributed by atoms with E-state index < -0.39 is 5.91 Å². The van der Waals surface area contributed by atoms with Crippen LogP contribution in [0.4, 0.5) is 5.69 Å². The van der Waals surface area contributed by atoms with Gasteiger partial charge in [-0.1, -0.05) is 35.9 Å². The van der Waals surface area contributed by atoms with Crippen molar-refractivity contribution >= 4 is 29.1 Å². The zero-order chi connectivity index (χ0) is 19.9. The highest BCUT2D eigenvalue weighted by Gasteiger charge is 2.13. The number of nitrogens with one attached hydrogen (secondary N) is 1. The number of nitrogens with two attached hydrogens (primary N) is 1. The van der Waals surface area contributed by atoms with E-state index in [4.69, 9.17) is 26.8 Å². The first-order valence-corrected chi connectivity index (χ1v) is 8.74. The average molecular weight is 397 g/mol. The Hall–Kier alpha value is -3.51. The third-order valence-electron chi connectivity index (χ3n) is 3.68. The van der Waals surface area contributed by atoms with Crippen LogP contribution in [0.5, 0.6) is 17.2 Å². The first-order chi connectivity index (χ1) is 13.5. The first-order valence-electron chi connectivity index (χ1n) is 8.37. The first kappa shape index (κ1) is 19.3. The number of para-hydroxylation sites is 2. The second-order valence-electron chi connectivity index (χ2n) is 5.76. The Labute approximate surface area is 166 Å². The molecule has 0 heterocycles. The molecule has 0 saturated carbocycles. The number of amides is 2. The van der Waals surface area contributed by atoms with Gasteiger partial charge in [0, 0.05) is 5.69 Å². The molecule has 0 aliphatic carbocycles. The number of ether oxygens (including phenoxy) is 2. The molecule has 28 heavy (non-hydrogen) atoms. The van der Waals surface area contributed by atoms with Crippen LogP contribution in [0.2, 0.25) is 5.02 Å². The third-order valence-corrected chi connectivity index (χ3v) is 3.99. The molecule has 3 aromatic rings. The van der Waals surface area contributed by atoms with Crippen LogP contribution in [0.15, 0.2) is 72.8 Å². The topological polar surface area (TPSA) is 90.7 Å². The van der Waals surface area contributed by atoms with E-state index in [1.807, 2.05) is 12.1 Å². The minimum Gasteiger partial charge on any atom is -0.483 e. The summed E-state index contributed by atoms with van der Waals surface area (Å²) in [5.41, 5.74) is 5.95. The standard InChI is InChI=1S/C21H17ClN2O4/c22-17-6-2-4-8-19(17)28-15-11-9-14(10-12-15)24-21(26)16-5-1-3-7-18(16)27-13-20(23)25/h1-12H,13H2,(H2,23,25)(H,24,26). The maximum Gasteiger partial charge on any atom is 0.259 e. The van der Waals surface area contributed by atoms with E-state index in [0.717, 1.165) is 0 Å². The van der Waals surface area contributed by atoms with Crippen molar-refractivity contribution in [3.05, 3.63) is 83.4 Å². The molecule has 0 spiro atoms. The van der Waals surface area contributed by atoms with Crippen molar-refractivity contribution < 1.29 is 19.1 Å². The molecule has 0 bridgehead atoms. The van der Waals surface area contributed by atoms with E-state index in [1.54, 1.807) is 60.7 Å². The molecule has 0 aromatic heterocycles. The molecule has 3 N–H and O–H groups in total. The highest BCUT2D eigenvalue weighted by atomic mass is 35.5. The van der Waals surface area contributed by atoms with Crippen LogP contribution in [-0.4, -0.2) is 18.4 Å². The van der Waals surface area contributed by atoms with Gasteiger partial charge in [0.15, 0.2) is 6.61 Å². The number of hydrogen-bond donors (Lipinski definition) is 2. The number of carbonyl (C=O) groups is 2. The maximum atomic E-state index is 12.5. The Bertz CT molecular complexity index is 990. The fourth-order valence-electron chi connectivity index (χ4n) is 2.39. The third kappa shape index (κ3) is 5.02. The van der Waals surface area contributed by atoms with Gasteiger partial charge in [0.25, 0.3) is 11.8 Å². The molecule has 0 atom stereocenters. The summed E-state index contributed by atoms with van der Waals surface area (Å²) < 4.78 is 11.0. The van der Waals surface area contributed by atoms with Gasteiger partial charge in [-0.2, -0.15) is 0 Å². The molecule has 0 radical (unpaired) electrons. The molecule has 0 fully saturated rings. The molecule has 0 saturated heterocycles. The van der Waals surface area contributed by atoms with Crippen molar-refractivity contribution in [3.8, 4) is 17.2 Å². The lowest BCUT2D eigenvalue weighted by atomic mass is 10.2. The second kappa shape index (κ2) is 8.92. The van der Waals surface area contributed by atoms with Gasteiger partial charge in [0.2, 0.25) is 0 Å². The highest BCUT2D eigenvalue weighted by Crippen LogP contribution is 2.29. The quantitative estimate of drug-likeness (QED) is 0.624. The summed E-state index contributed by atoms with van der Waals surface area (Å²) in [5.74, 6) is 0.402. The van der Waals surface area contributed by atoms with Crippen LogP contribution in [-0.2, 0) is 4.79 Å². The van der Waals surface area contributed by atoms with Crippen LogP contribution < -0.4 is 20.5 Å². The van der Waals surface area contributed by atoms with E-state index in [-0.39, 0.29) is 18.3 Å². The van der Waals surface area contributed by atoms with Crippen LogP contribution in [0.1, 0.15) is 10.4 Å². The van der Waals surface area contributed by atoms with E-state index in [9.17, 15) is 9.59 Å². The summed E-state index contributed by atoms with van der Waals surface area (Å²) in [6.45, 7) is -0.307. The van der Waals surface area contributed by atoms with Gasteiger partial charge in [-0.25, -0.2) is 0 Å². The summed E-state index contributed by atoms with van der Waals surface area (Å²) in [4.78, 5) is 23.4. The molecule has 0 aliphatic heterocycles. The molecule has 3 aromatic carbocycles. The number of halogens is 1. The van der Waals surface area contributed by atoms with Crippen molar-refractivity contribution in [2.45, 2.75) is 0 Å². The zero-order valence-corrected chi connectivity index (χ0v) is 15.5. The van der Waals surface area contributed by atoms with Gasteiger partial charge in [-0.3, -0.25) is 9.59 Å². The molecule has 2 amide bonds. The summed E-state index contributed by atoms with van der Waals surface area (Å²) in [7, 11) is 0. The second-order valence-corrected chi connectivity index (χ2v) is 6.17. The van der Waals surface area contributed by atoms with Gasteiger partial charge in [0.1, 0.15) is 17.2 Å². The Morgan fingerprint density at radius 2 is 1.54 bits per heavy atom. The van der Waals surface area contributed by atoms with Gasteiger partial charge in [-0.05, 0) is 48.5 Å². The highest BCUT2D eigenvalue weighted by molar-refractivity contribution is 6.32. The average Bonchev–Trinajstić information content (AvgIpc) is 2.70. The fourth-order valence-corrected chi connectivity index (χ4v) is 2.56. The van der Waals surface area contributed by atoms with Crippen LogP contribution in [0, 0.1) is 0 Å². The lowest BCUT2D eigenvalue weighted by Crippen LogP contribution is -2.21. The summed E-state index contributed by atoms with van der Waals surface area (Å²) in [6, 6.07) is 20.6. The van der Waals surface area contributed by atoms with Crippen LogP contribution in [0.3, 0.4) is 0 Å². The minimum absolute atomic E-state index is 0.275. The van der Waals surface area contributed by atoms with E-state index in [1.165, 1.54) is 0 Å². The van der Waals surface area contributed by atoms with Crippen molar-refractivity contribution in [1.82, 2.24) is 0 Å². The van der Waals surface area contributed by atoms with Gasteiger partial charge >= 0.3 is 0 Å². The van der Waals surface area contributed by atoms with E-state index in [2.05, 4.69) is 5.32 Å². The summed E-state index contributed by atoms with van der Waals surface area (Å²) in [6.07, 6.45) is 0. The number of benzene rings is 3. The monoisotopic (exact) mass is 396 g/mol. The van der Waals surface area contributed by atoms with Gasteiger partial charge in [-0.15, -0.1) is 0 Å². The molecule has 7 heteroatoms. The summed E-state index contributed by atoms with van der Waals surface area (Å²) in [5, 5.41) is 3.28. The molecular weight excluding hydrogens is 380 g/mol. The Morgan fingerprint density at radius 1 is 0.893 bits per heavy atom. The molecule has 0 aliphatic rings. The smallest absolute Gasteiger partial charge is 0.259 e. The molecule has 0 unspecified atom stereocenters.